The number of aromatic nitrogens is 1. The molecule has 0 saturated carbocycles. The third-order valence-corrected chi connectivity index (χ3v) is 5.35. The Morgan fingerprint density at radius 2 is 2.00 bits per heavy atom. The maximum atomic E-state index is 12.3. The first-order valence-corrected chi connectivity index (χ1v) is 10.3. The number of rotatable bonds is 4. The van der Waals surface area contributed by atoms with E-state index >= 15 is 0 Å². The van der Waals surface area contributed by atoms with Crippen molar-refractivity contribution in [1.29, 1.82) is 0 Å². The fourth-order valence-electron chi connectivity index (χ4n) is 3.31. The standard InChI is InChI=1S/C19H20N2O5S/c1-21-9-16(12-5-4-6-13(12)18(21)22)15-7-11(10-27(3,24)25)14(8-17(15)20)19(23)26-2/h4-5,7-9H,6,10,20H2,1-3H3. The molecule has 7 nitrogen and oxygen atoms in total. The minimum absolute atomic E-state index is 0.0835. The summed E-state index contributed by atoms with van der Waals surface area (Å²) in [4.78, 5) is 24.4. The van der Waals surface area contributed by atoms with Crippen LogP contribution in [0.15, 0.2) is 29.2 Å². The lowest BCUT2D eigenvalue weighted by molar-refractivity contribution is 0.0600. The summed E-state index contributed by atoms with van der Waals surface area (Å²) in [5.74, 6) is -0.980. The number of nitrogen functional groups attached to an aromatic ring is 1. The Kier molecular flexibility index (Phi) is 4.69. The molecule has 0 radical (unpaired) electrons. The second-order valence-electron chi connectivity index (χ2n) is 6.62. The fourth-order valence-corrected chi connectivity index (χ4v) is 4.11. The zero-order valence-electron chi connectivity index (χ0n) is 15.3. The average molecular weight is 388 g/mol. The molecule has 2 aromatic rings. The summed E-state index contributed by atoms with van der Waals surface area (Å²) in [5.41, 5.74) is 9.53. The number of anilines is 1. The van der Waals surface area contributed by atoms with E-state index in [4.69, 9.17) is 10.5 Å². The van der Waals surface area contributed by atoms with Crippen LogP contribution in [0.3, 0.4) is 0 Å². The number of hydrogen-bond donors (Lipinski definition) is 1. The van der Waals surface area contributed by atoms with E-state index in [1.54, 1.807) is 19.3 Å². The number of carbonyl (C=O) groups is 1. The summed E-state index contributed by atoms with van der Waals surface area (Å²) < 4.78 is 29.9. The van der Waals surface area contributed by atoms with Crippen LogP contribution >= 0.6 is 0 Å². The molecule has 2 N–H and O–H groups in total. The number of pyridine rings is 1. The third kappa shape index (κ3) is 3.52. The molecular weight excluding hydrogens is 368 g/mol. The Hall–Kier alpha value is -2.87. The van der Waals surface area contributed by atoms with Gasteiger partial charge >= 0.3 is 5.97 Å². The number of ether oxygens (including phenoxy) is 1. The second-order valence-corrected chi connectivity index (χ2v) is 8.76. The number of sulfone groups is 1. The first-order chi connectivity index (χ1) is 12.6. The van der Waals surface area contributed by atoms with Crippen molar-refractivity contribution in [3.63, 3.8) is 0 Å². The van der Waals surface area contributed by atoms with E-state index in [0.29, 0.717) is 34.4 Å². The lowest BCUT2D eigenvalue weighted by atomic mass is 9.94. The molecule has 0 aliphatic heterocycles. The van der Waals surface area contributed by atoms with E-state index in [1.807, 2.05) is 12.2 Å². The highest BCUT2D eigenvalue weighted by molar-refractivity contribution is 7.89. The summed E-state index contributed by atoms with van der Waals surface area (Å²) in [6.45, 7) is 0. The van der Waals surface area contributed by atoms with Gasteiger partial charge in [0.25, 0.3) is 5.56 Å². The molecule has 1 heterocycles. The van der Waals surface area contributed by atoms with Crippen LogP contribution in [0.5, 0.6) is 0 Å². The summed E-state index contributed by atoms with van der Waals surface area (Å²) >= 11 is 0. The van der Waals surface area contributed by atoms with Gasteiger partial charge in [0.1, 0.15) is 0 Å². The molecule has 1 aromatic carbocycles. The van der Waals surface area contributed by atoms with Crippen molar-refractivity contribution in [1.82, 2.24) is 4.57 Å². The summed E-state index contributed by atoms with van der Waals surface area (Å²) in [6.07, 6.45) is 7.05. The lowest BCUT2D eigenvalue weighted by Gasteiger charge is -2.16. The van der Waals surface area contributed by atoms with Crippen LogP contribution in [0.4, 0.5) is 5.69 Å². The number of aryl methyl sites for hydroxylation is 1. The van der Waals surface area contributed by atoms with Gasteiger partial charge in [0.2, 0.25) is 0 Å². The zero-order chi connectivity index (χ0) is 19.9. The average Bonchev–Trinajstić information content (AvgIpc) is 3.07. The van der Waals surface area contributed by atoms with Gasteiger partial charge in [-0.15, -0.1) is 0 Å². The quantitative estimate of drug-likeness (QED) is 0.629. The number of hydrogen-bond acceptors (Lipinski definition) is 6. The van der Waals surface area contributed by atoms with Crippen molar-refractivity contribution >= 4 is 27.6 Å². The van der Waals surface area contributed by atoms with Crippen LogP contribution in [0.25, 0.3) is 17.2 Å². The van der Waals surface area contributed by atoms with Crippen molar-refractivity contribution in [2.45, 2.75) is 12.2 Å². The van der Waals surface area contributed by atoms with Gasteiger partial charge < -0.3 is 15.0 Å². The van der Waals surface area contributed by atoms with Crippen molar-refractivity contribution in [2.75, 3.05) is 19.1 Å². The van der Waals surface area contributed by atoms with Gasteiger partial charge in [0.05, 0.1) is 18.4 Å². The molecule has 1 aromatic heterocycles. The number of benzene rings is 1. The van der Waals surface area contributed by atoms with Gasteiger partial charge in [-0.1, -0.05) is 12.2 Å². The molecule has 1 aliphatic rings. The molecule has 0 amide bonds. The van der Waals surface area contributed by atoms with Gasteiger partial charge in [-0.25, -0.2) is 13.2 Å². The van der Waals surface area contributed by atoms with Gasteiger partial charge in [-0.05, 0) is 29.7 Å². The van der Waals surface area contributed by atoms with Crippen molar-refractivity contribution in [3.05, 3.63) is 57.0 Å². The minimum Gasteiger partial charge on any atom is -0.465 e. The van der Waals surface area contributed by atoms with E-state index in [9.17, 15) is 18.0 Å². The first kappa shape index (κ1) is 18.9. The number of carbonyl (C=O) groups excluding carboxylic acids is 1. The Bertz CT molecular complexity index is 1140. The van der Waals surface area contributed by atoms with Crippen LogP contribution in [0.2, 0.25) is 0 Å². The molecule has 3 rings (SSSR count). The zero-order valence-corrected chi connectivity index (χ0v) is 16.1. The van der Waals surface area contributed by atoms with Crippen molar-refractivity contribution < 1.29 is 17.9 Å². The lowest BCUT2D eigenvalue weighted by Crippen LogP contribution is -2.21. The SMILES string of the molecule is COC(=O)c1cc(N)c(-c2cn(C)c(=O)c3c2C=CC3)cc1CS(C)(=O)=O. The monoisotopic (exact) mass is 388 g/mol. The Morgan fingerprint density at radius 1 is 1.30 bits per heavy atom. The summed E-state index contributed by atoms with van der Waals surface area (Å²) in [6, 6.07) is 3.02. The van der Waals surface area contributed by atoms with Crippen LogP contribution in [0.1, 0.15) is 27.0 Å². The van der Waals surface area contributed by atoms with Crippen LogP contribution < -0.4 is 11.3 Å². The molecule has 0 spiro atoms. The minimum atomic E-state index is -3.40. The molecule has 0 saturated heterocycles. The molecular formula is C19H20N2O5S. The van der Waals surface area contributed by atoms with Gasteiger partial charge in [-0.2, -0.15) is 0 Å². The maximum absolute atomic E-state index is 12.3. The number of allylic oxidation sites excluding steroid dienone is 1. The topological polar surface area (TPSA) is 108 Å². The van der Waals surface area contributed by atoms with Crippen LogP contribution in [0, 0.1) is 0 Å². The largest absolute Gasteiger partial charge is 0.465 e. The van der Waals surface area contributed by atoms with E-state index in [2.05, 4.69) is 0 Å². The molecule has 0 fully saturated rings. The molecule has 27 heavy (non-hydrogen) atoms. The number of fused-ring (bicyclic) bond motifs is 1. The number of methoxy groups -OCH3 is 1. The summed E-state index contributed by atoms with van der Waals surface area (Å²) in [7, 11) is -0.520. The first-order valence-electron chi connectivity index (χ1n) is 8.20. The molecule has 8 heteroatoms. The van der Waals surface area contributed by atoms with Gasteiger partial charge in [0.15, 0.2) is 9.84 Å². The van der Waals surface area contributed by atoms with E-state index in [1.165, 1.54) is 17.7 Å². The molecule has 1 aliphatic carbocycles. The number of esters is 1. The highest BCUT2D eigenvalue weighted by Crippen LogP contribution is 2.35. The molecule has 0 bridgehead atoms. The number of nitrogens with two attached hydrogens (primary N) is 1. The third-order valence-electron chi connectivity index (χ3n) is 4.51. The Balaban J connectivity index is 2.30. The highest BCUT2D eigenvalue weighted by Gasteiger charge is 2.22. The van der Waals surface area contributed by atoms with Crippen LogP contribution in [-0.4, -0.2) is 32.3 Å². The number of nitrogens with zero attached hydrogens (tertiary/aromatic N) is 1. The van der Waals surface area contributed by atoms with E-state index in [-0.39, 0.29) is 16.9 Å². The predicted molar refractivity (Wildman–Crippen MR) is 104 cm³/mol. The predicted octanol–water partition coefficient (Wildman–Crippen LogP) is 1.54. The van der Waals surface area contributed by atoms with Gasteiger partial charge in [-0.3, -0.25) is 4.79 Å². The van der Waals surface area contributed by atoms with E-state index < -0.39 is 15.8 Å². The smallest absolute Gasteiger partial charge is 0.338 e. The van der Waals surface area contributed by atoms with Crippen LogP contribution in [-0.2, 0) is 33.8 Å². The summed E-state index contributed by atoms with van der Waals surface area (Å²) in [5, 5.41) is 0. The second kappa shape index (κ2) is 6.70. The highest BCUT2D eigenvalue weighted by atomic mass is 32.2. The van der Waals surface area contributed by atoms with Crippen molar-refractivity contribution in [3.8, 4) is 11.1 Å². The Labute approximate surface area is 157 Å². The molecule has 0 atom stereocenters. The maximum Gasteiger partial charge on any atom is 0.338 e. The molecule has 0 unspecified atom stereocenters. The van der Waals surface area contributed by atoms with E-state index in [0.717, 1.165) is 11.8 Å². The Morgan fingerprint density at radius 3 is 2.63 bits per heavy atom. The van der Waals surface area contributed by atoms with Crippen molar-refractivity contribution in [2.24, 2.45) is 7.05 Å². The fraction of sp³-hybridized carbons (Fsp3) is 0.263. The molecule has 142 valence electrons. The van der Waals surface area contributed by atoms with Gasteiger partial charge in [0, 0.05) is 41.9 Å². The normalized spacial score (nSPS) is 12.9.